The Bertz CT molecular complexity index is 3270. The van der Waals surface area contributed by atoms with Crippen LogP contribution in [0.1, 0.15) is 0 Å². The van der Waals surface area contributed by atoms with Crippen molar-refractivity contribution in [2.75, 3.05) is 9.80 Å². The lowest BCUT2D eigenvalue weighted by atomic mass is 9.98. The molecule has 0 aliphatic rings. The molecule has 0 saturated carbocycles. The van der Waals surface area contributed by atoms with Crippen LogP contribution in [0.5, 0.6) is 0 Å². The van der Waals surface area contributed by atoms with E-state index in [2.05, 4.69) is 265 Å². The Hall–Kier alpha value is -7.98. The third-order valence-corrected chi connectivity index (χ3v) is 13.0. The maximum Gasteiger partial charge on any atom is 0.0540 e. The highest BCUT2D eigenvalue weighted by atomic mass is 32.1. The molecule has 0 unspecified atom stereocenters. The molecule has 10 aromatic carbocycles. The number of benzene rings is 10. The first-order valence-electron chi connectivity index (χ1n) is 21.4. The lowest BCUT2D eigenvalue weighted by Gasteiger charge is -2.30. The van der Waals surface area contributed by atoms with Gasteiger partial charge in [0.05, 0.1) is 17.1 Å². The van der Waals surface area contributed by atoms with Gasteiger partial charge in [0, 0.05) is 53.9 Å². The van der Waals surface area contributed by atoms with Gasteiger partial charge in [-0.2, -0.15) is 0 Å². The van der Waals surface area contributed by atoms with Gasteiger partial charge in [-0.1, -0.05) is 194 Å². The second-order valence-electron chi connectivity index (χ2n) is 15.7. The number of nitrogens with zero attached hydrogens (tertiary/aromatic N) is 2. The van der Waals surface area contributed by atoms with Crippen molar-refractivity contribution < 1.29 is 0 Å². The third kappa shape index (κ3) is 7.35. The first kappa shape index (κ1) is 38.0. The summed E-state index contributed by atoms with van der Waals surface area (Å²) in [6.45, 7) is 0. The highest BCUT2D eigenvalue weighted by molar-refractivity contribution is 7.25. The van der Waals surface area contributed by atoms with Crippen LogP contribution in [0.2, 0.25) is 0 Å². The van der Waals surface area contributed by atoms with Gasteiger partial charge in [-0.25, -0.2) is 0 Å². The first-order chi connectivity index (χ1) is 31.3. The molecular formula is C60H42N2S. The SMILES string of the molecule is c1ccc(-c2ccccc2N(c2cccc(-c3cccc(N(c4ccccc4-c4ccccc4)c4ccccc4-c4ccccc4)c3)c2)c2ccc3c(c2)sc2ccccc23)cc1. The monoisotopic (exact) mass is 822 g/mol. The van der Waals surface area contributed by atoms with Crippen LogP contribution in [0, 0.1) is 0 Å². The molecular weight excluding hydrogens is 781 g/mol. The molecule has 0 atom stereocenters. The van der Waals surface area contributed by atoms with E-state index in [1.165, 1.54) is 42.4 Å². The maximum absolute atomic E-state index is 2.43. The van der Waals surface area contributed by atoms with Gasteiger partial charge in [-0.3, -0.25) is 0 Å². The Balaban J connectivity index is 1.08. The van der Waals surface area contributed by atoms with Crippen LogP contribution < -0.4 is 9.80 Å². The molecule has 0 N–H and O–H groups in total. The van der Waals surface area contributed by atoms with E-state index in [4.69, 9.17) is 0 Å². The molecule has 0 spiro atoms. The summed E-state index contributed by atoms with van der Waals surface area (Å²) in [5, 5.41) is 2.59. The summed E-state index contributed by atoms with van der Waals surface area (Å²) < 4.78 is 2.57. The van der Waals surface area contributed by atoms with Crippen LogP contribution in [0.3, 0.4) is 0 Å². The van der Waals surface area contributed by atoms with E-state index >= 15 is 0 Å². The quantitative estimate of drug-likeness (QED) is 0.136. The molecule has 0 amide bonds. The molecule has 1 heterocycles. The minimum atomic E-state index is 1.08. The van der Waals surface area contributed by atoms with Gasteiger partial charge in [0.15, 0.2) is 0 Å². The van der Waals surface area contributed by atoms with E-state index in [0.717, 1.165) is 56.4 Å². The predicted molar refractivity (Wildman–Crippen MR) is 270 cm³/mol. The molecule has 63 heavy (non-hydrogen) atoms. The van der Waals surface area contributed by atoms with Crippen LogP contribution >= 0.6 is 11.3 Å². The summed E-state index contributed by atoms with van der Waals surface area (Å²) in [5.41, 5.74) is 15.9. The highest BCUT2D eigenvalue weighted by Crippen LogP contribution is 2.47. The molecule has 0 aliphatic carbocycles. The van der Waals surface area contributed by atoms with E-state index in [-0.39, 0.29) is 0 Å². The average molecular weight is 823 g/mol. The lowest BCUT2D eigenvalue weighted by Crippen LogP contribution is -2.12. The lowest BCUT2D eigenvalue weighted by molar-refractivity contribution is 1.28. The zero-order valence-electron chi connectivity index (χ0n) is 34.6. The number of fused-ring (bicyclic) bond motifs is 3. The predicted octanol–water partition coefficient (Wildman–Crippen LogP) is 17.7. The van der Waals surface area contributed by atoms with Gasteiger partial charge in [0.1, 0.15) is 0 Å². The fourth-order valence-electron chi connectivity index (χ4n) is 8.93. The van der Waals surface area contributed by atoms with Gasteiger partial charge >= 0.3 is 0 Å². The topological polar surface area (TPSA) is 6.48 Å². The Morgan fingerprint density at radius 2 is 0.619 bits per heavy atom. The maximum atomic E-state index is 2.43. The minimum Gasteiger partial charge on any atom is -0.310 e. The van der Waals surface area contributed by atoms with Crippen molar-refractivity contribution in [2.24, 2.45) is 0 Å². The van der Waals surface area contributed by atoms with Crippen molar-refractivity contribution in [3.05, 3.63) is 255 Å². The van der Waals surface area contributed by atoms with Crippen molar-refractivity contribution in [1.82, 2.24) is 0 Å². The zero-order valence-corrected chi connectivity index (χ0v) is 35.4. The average Bonchev–Trinajstić information content (AvgIpc) is 3.74. The molecule has 3 heteroatoms. The van der Waals surface area contributed by atoms with Gasteiger partial charge in [0.2, 0.25) is 0 Å². The molecule has 0 bridgehead atoms. The Morgan fingerprint density at radius 3 is 1.14 bits per heavy atom. The molecule has 0 fully saturated rings. The summed E-state index contributed by atoms with van der Waals surface area (Å²) in [6.07, 6.45) is 0. The largest absolute Gasteiger partial charge is 0.310 e. The van der Waals surface area contributed by atoms with Crippen molar-refractivity contribution >= 4 is 65.6 Å². The zero-order chi connectivity index (χ0) is 42.0. The minimum absolute atomic E-state index is 1.08. The molecule has 0 aliphatic heterocycles. The van der Waals surface area contributed by atoms with E-state index in [1.54, 1.807) is 0 Å². The summed E-state index contributed by atoms with van der Waals surface area (Å²) in [5.74, 6) is 0. The number of hydrogen-bond donors (Lipinski definition) is 0. The van der Waals surface area contributed by atoms with E-state index < -0.39 is 0 Å². The third-order valence-electron chi connectivity index (χ3n) is 11.9. The smallest absolute Gasteiger partial charge is 0.0540 e. The number of hydrogen-bond acceptors (Lipinski definition) is 3. The van der Waals surface area contributed by atoms with Crippen molar-refractivity contribution in [3.63, 3.8) is 0 Å². The number of rotatable bonds is 10. The van der Waals surface area contributed by atoms with Gasteiger partial charge in [-0.15, -0.1) is 11.3 Å². The summed E-state index contributed by atoms with van der Waals surface area (Å²) in [6, 6.07) is 92.1. The Labute approximate surface area is 372 Å². The first-order valence-corrected chi connectivity index (χ1v) is 22.2. The second kappa shape index (κ2) is 16.8. The van der Waals surface area contributed by atoms with Crippen molar-refractivity contribution in [2.45, 2.75) is 0 Å². The van der Waals surface area contributed by atoms with E-state index in [0.29, 0.717) is 0 Å². The van der Waals surface area contributed by atoms with E-state index in [1.807, 2.05) is 11.3 Å². The molecule has 2 nitrogen and oxygen atoms in total. The highest BCUT2D eigenvalue weighted by Gasteiger charge is 2.22. The van der Waals surface area contributed by atoms with Crippen LogP contribution in [-0.4, -0.2) is 0 Å². The summed E-state index contributed by atoms with van der Waals surface area (Å²) in [7, 11) is 0. The Morgan fingerprint density at radius 1 is 0.238 bits per heavy atom. The van der Waals surface area contributed by atoms with E-state index in [9.17, 15) is 0 Å². The number of thiophene rings is 1. The molecule has 0 saturated heterocycles. The van der Waals surface area contributed by atoms with Gasteiger partial charge < -0.3 is 9.80 Å². The van der Waals surface area contributed by atoms with Crippen molar-refractivity contribution in [3.8, 4) is 44.5 Å². The molecule has 11 rings (SSSR count). The summed E-state index contributed by atoms with van der Waals surface area (Å²) in [4.78, 5) is 4.86. The number of para-hydroxylation sites is 3. The molecule has 0 radical (unpaired) electrons. The second-order valence-corrected chi connectivity index (χ2v) is 16.8. The van der Waals surface area contributed by atoms with Crippen molar-refractivity contribution in [1.29, 1.82) is 0 Å². The van der Waals surface area contributed by atoms with Crippen LogP contribution in [0.25, 0.3) is 64.7 Å². The van der Waals surface area contributed by atoms with Crippen LogP contribution in [0.15, 0.2) is 255 Å². The number of anilines is 6. The normalized spacial score (nSPS) is 11.2. The molecule has 1 aromatic heterocycles. The molecule has 11 aromatic rings. The fourth-order valence-corrected chi connectivity index (χ4v) is 10.1. The Kier molecular flexibility index (Phi) is 10.1. The standard InChI is InChI=1S/C60H42N2S/c1-4-20-43(21-5-1)51-30-10-14-34-56(51)61(50-38-39-55-54-33-13-17-37-59(54)63-60(55)42-50)48-28-18-26-46(40-48)47-27-19-29-49(41-47)62(57-35-15-11-31-52(57)44-22-6-2-7-23-44)58-36-16-12-32-53(58)45-24-8-3-9-25-45/h1-42H. The van der Waals surface area contributed by atoms with Gasteiger partial charge in [0.25, 0.3) is 0 Å². The summed E-state index contributed by atoms with van der Waals surface area (Å²) >= 11 is 1.85. The molecule has 298 valence electrons. The fraction of sp³-hybridized carbons (Fsp3) is 0. The van der Waals surface area contributed by atoms with Crippen LogP contribution in [-0.2, 0) is 0 Å². The van der Waals surface area contributed by atoms with Gasteiger partial charge in [-0.05, 0) is 88.5 Å². The van der Waals surface area contributed by atoms with Crippen LogP contribution in [0.4, 0.5) is 34.1 Å².